The van der Waals surface area contributed by atoms with Crippen molar-refractivity contribution in [2.45, 2.75) is 11.9 Å². The third kappa shape index (κ3) is 3.35. The first-order valence-corrected chi connectivity index (χ1v) is 8.03. The largest absolute Gasteiger partial charge is 0.733 e. The van der Waals surface area contributed by atoms with Crippen LogP contribution < -0.4 is 11.0 Å². The zero-order valence-corrected chi connectivity index (χ0v) is 13.7. The second-order valence-electron chi connectivity index (χ2n) is 4.53. The number of thioether (sulfide) groups is 1. The normalized spacial score (nSPS) is 10.5. The van der Waals surface area contributed by atoms with Gasteiger partial charge in [-0.15, -0.1) is 11.8 Å². The van der Waals surface area contributed by atoms with E-state index in [2.05, 4.69) is 5.10 Å². The van der Waals surface area contributed by atoms with Crippen LogP contribution in [-0.4, -0.2) is 39.7 Å². The number of hydrogen-bond acceptors (Lipinski definition) is 9. The summed E-state index contributed by atoms with van der Waals surface area (Å²) in [5, 5.41) is 23.8. The lowest BCUT2D eigenvalue weighted by Gasteiger charge is -2.21. The van der Waals surface area contributed by atoms with Crippen molar-refractivity contribution < 1.29 is 19.5 Å². The van der Waals surface area contributed by atoms with Crippen LogP contribution in [-0.2, 0) is 4.74 Å². The summed E-state index contributed by atoms with van der Waals surface area (Å²) >= 11 is 1.14. The Labute approximate surface area is 141 Å². The van der Waals surface area contributed by atoms with E-state index in [9.17, 15) is 14.8 Å². The minimum atomic E-state index is -0.673. The van der Waals surface area contributed by atoms with Crippen LogP contribution in [0.25, 0.3) is 0 Å². The van der Waals surface area contributed by atoms with Gasteiger partial charge in [0.2, 0.25) is 0 Å². The summed E-state index contributed by atoms with van der Waals surface area (Å²) in [4.78, 5) is 24.6. The second kappa shape index (κ2) is 7.34. The van der Waals surface area contributed by atoms with Crippen LogP contribution in [0.2, 0.25) is 0 Å². The van der Waals surface area contributed by atoms with Crippen molar-refractivity contribution in [1.29, 1.82) is 0 Å². The summed E-state index contributed by atoms with van der Waals surface area (Å²) in [6.07, 6.45) is 1.68. The van der Waals surface area contributed by atoms with Crippen LogP contribution in [0.1, 0.15) is 27.6 Å². The molecule has 0 spiro atoms. The summed E-state index contributed by atoms with van der Waals surface area (Å²) in [6, 6.07) is 5.36. The molecular formula is C14H15N4O5S-. The van der Waals surface area contributed by atoms with Crippen LogP contribution in [0.3, 0.4) is 0 Å². The van der Waals surface area contributed by atoms with E-state index in [1.807, 2.05) is 0 Å². The third-order valence-electron chi connectivity index (χ3n) is 3.07. The topological polar surface area (TPSA) is 134 Å². The molecule has 0 bridgehead atoms. The number of nitrogens with two attached hydrogens (primary N) is 1. The Bertz CT molecular complexity index is 775. The Morgan fingerprint density at radius 3 is 2.79 bits per heavy atom. The highest BCUT2D eigenvalue weighted by atomic mass is 32.2. The van der Waals surface area contributed by atoms with Gasteiger partial charge in [-0.05, 0) is 31.4 Å². The van der Waals surface area contributed by atoms with E-state index in [0.29, 0.717) is 0 Å². The molecule has 0 amide bonds. The highest BCUT2D eigenvalue weighted by molar-refractivity contribution is 7.98. The molecule has 0 aliphatic rings. The fraction of sp³-hybridized carbons (Fsp3) is 0.214. The third-order valence-corrected chi connectivity index (χ3v) is 3.74. The Morgan fingerprint density at radius 1 is 1.50 bits per heavy atom. The van der Waals surface area contributed by atoms with Crippen LogP contribution in [0, 0.1) is 5.21 Å². The van der Waals surface area contributed by atoms with Gasteiger partial charge in [0.05, 0.1) is 12.3 Å². The quantitative estimate of drug-likeness (QED) is 0.469. The Morgan fingerprint density at radius 2 is 2.21 bits per heavy atom. The predicted molar refractivity (Wildman–Crippen MR) is 88.2 cm³/mol. The lowest BCUT2D eigenvalue weighted by molar-refractivity contribution is 0.0523. The average molecular weight is 351 g/mol. The maximum atomic E-state index is 12.6. The lowest BCUT2D eigenvalue weighted by Crippen LogP contribution is -2.18. The molecule has 1 aromatic carbocycles. The molecule has 2 aromatic rings. The lowest BCUT2D eigenvalue weighted by atomic mass is 10.2. The monoisotopic (exact) mass is 351 g/mol. The molecule has 24 heavy (non-hydrogen) atoms. The molecule has 0 aliphatic carbocycles. The number of rotatable bonds is 5. The fourth-order valence-corrected chi connectivity index (χ4v) is 2.54. The molecule has 0 saturated carbocycles. The van der Waals surface area contributed by atoms with Gasteiger partial charge in [-0.2, -0.15) is 9.78 Å². The molecule has 0 radical (unpaired) electrons. The number of carbonyl (C=O) groups is 2. The van der Waals surface area contributed by atoms with E-state index < -0.39 is 11.9 Å². The molecule has 0 unspecified atom stereocenters. The van der Waals surface area contributed by atoms with Crippen LogP contribution in [0.4, 0.5) is 11.5 Å². The summed E-state index contributed by atoms with van der Waals surface area (Å²) in [7, 11) is 0. The number of benzene rings is 1. The fourth-order valence-electron chi connectivity index (χ4n) is 1.98. The first kappa shape index (κ1) is 17.8. The first-order chi connectivity index (χ1) is 11.4. The van der Waals surface area contributed by atoms with Crippen molar-refractivity contribution in [1.82, 2.24) is 9.78 Å². The Hall–Kier alpha value is -2.56. The van der Waals surface area contributed by atoms with Crippen molar-refractivity contribution in [3.8, 4) is 0 Å². The van der Waals surface area contributed by atoms with Gasteiger partial charge in [-0.25, -0.2) is 4.79 Å². The van der Waals surface area contributed by atoms with Crippen LogP contribution in [0.15, 0.2) is 29.3 Å². The summed E-state index contributed by atoms with van der Waals surface area (Å²) in [5.74, 6) is -1.48. The number of esters is 1. The second-order valence-corrected chi connectivity index (χ2v) is 5.33. The molecule has 1 aromatic heterocycles. The Balaban J connectivity index is 2.47. The van der Waals surface area contributed by atoms with Gasteiger partial charge in [0.1, 0.15) is 16.4 Å². The predicted octanol–water partition coefficient (Wildman–Crippen LogP) is 1.75. The molecule has 0 saturated heterocycles. The molecule has 9 nitrogen and oxygen atoms in total. The molecule has 0 aliphatic heterocycles. The number of nitrogen functional groups attached to an aromatic ring is 1. The van der Waals surface area contributed by atoms with E-state index >= 15 is 0 Å². The Kier molecular flexibility index (Phi) is 5.44. The number of carbonyl (C=O) groups excluding carboxylic acids is 2. The molecule has 0 atom stereocenters. The maximum absolute atomic E-state index is 12.6. The highest BCUT2D eigenvalue weighted by Gasteiger charge is 2.26. The van der Waals surface area contributed by atoms with E-state index in [4.69, 9.17) is 15.7 Å². The summed E-state index contributed by atoms with van der Waals surface area (Å²) < 4.78 is 5.79. The van der Waals surface area contributed by atoms with Gasteiger partial charge in [0.15, 0.2) is 0 Å². The zero-order chi connectivity index (χ0) is 17.9. The zero-order valence-electron chi connectivity index (χ0n) is 12.9. The van der Waals surface area contributed by atoms with Gasteiger partial charge in [0, 0.05) is 5.56 Å². The van der Waals surface area contributed by atoms with Crippen molar-refractivity contribution in [2.24, 2.45) is 0 Å². The molecule has 0 fully saturated rings. The van der Waals surface area contributed by atoms with Gasteiger partial charge in [-0.3, -0.25) is 10.0 Å². The van der Waals surface area contributed by atoms with E-state index in [1.165, 1.54) is 24.3 Å². The van der Waals surface area contributed by atoms with Crippen LogP contribution in [0.5, 0.6) is 0 Å². The smallest absolute Gasteiger partial charge is 0.344 e. The molecular weight excluding hydrogens is 336 g/mol. The van der Waals surface area contributed by atoms with Crippen molar-refractivity contribution in [3.63, 3.8) is 0 Å². The number of ether oxygens (including phenoxy) is 1. The molecule has 2 rings (SSSR count). The minimum absolute atomic E-state index is 0.0152. The highest BCUT2D eigenvalue weighted by Crippen LogP contribution is 2.26. The number of aromatic nitrogens is 2. The summed E-state index contributed by atoms with van der Waals surface area (Å²) in [5.41, 5.74) is 5.85. The van der Waals surface area contributed by atoms with Gasteiger partial charge < -0.3 is 20.9 Å². The van der Waals surface area contributed by atoms with Crippen molar-refractivity contribution in [3.05, 3.63) is 40.6 Å². The number of nitrogens with zero attached hydrogens (tertiary/aromatic N) is 3. The average Bonchev–Trinajstić information content (AvgIpc) is 2.91. The number of anilines is 2. The first-order valence-electron chi connectivity index (χ1n) is 6.81. The maximum Gasteiger partial charge on any atom is 0.344 e. The number of hydrogen-bond donors (Lipinski definition) is 2. The van der Waals surface area contributed by atoms with E-state index in [1.54, 1.807) is 13.2 Å². The van der Waals surface area contributed by atoms with Crippen molar-refractivity contribution in [2.75, 3.05) is 23.8 Å². The molecule has 3 N–H and O–H groups in total. The summed E-state index contributed by atoms with van der Waals surface area (Å²) in [6.45, 7) is 1.81. The van der Waals surface area contributed by atoms with Gasteiger partial charge in [-0.1, -0.05) is 6.07 Å². The van der Waals surface area contributed by atoms with Crippen molar-refractivity contribution >= 4 is 35.1 Å². The molecule has 1 heterocycles. The molecule has 10 heteroatoms. The molecule has 128 valence electrons. The minimum Gasteiger partial charge on any atom is -0.733 e. The van der Waals surface area contributed by atoms with Gasteiger partial charge >= 0.3 is 5.97 Å². The van der Waals surface area contributed by atoms with Gasteiger partial charge in [0.25, 0.3) is 5.91 Å². The van der Waals surface area contributed by atoms with E-state index in [-0.39, 0.29) is 39.5 Å². The standard InChI is InChI=1S/C14H15N4O5S/c1-3-23-14(20)10-11(15)17(16-12(10)24-2)13(19)8-5-4-6-9(7-8)18(21)22/h4-7,21H,3,15H2,1-2H3/q-1. The SMILES string of the molecule is CCOC(=O)c1c(SC)nn(C(=O)c2cccc(N([O-])O)c2)c1N. The van der Waals surface area contributed by atoms with E-state index in [0.717, 1.165) is 16.4 Å². The van der Waals surface area contributed by atoms with Crippen LogP contribution >= 0.6 is 11.8 Å².